The standard InChI is InChI=1S/C13H24N4O2/c1-14-11-6-7-17(8-11)9-12(18)16-13(19)15-10-4-2-3-5-10/h10-11,14H,2-9H2,1H3,(H2,15,16,18,19). The fourth-order valence-corrected chi connectivity index (χ4v) is 2.87. The summed E-state index contributed by atoms with van der Waals surface area (Å²) in [6.45, 7) is 2.08. The summed E-state index contributed by atoms with van der Waals surface area (Å²) in [5, 5.41) is 8.47. The Kier molecular flexibility index (Phi) is 5.15. The molecule has 19 heavy (non-hydrogen) atoms. The first-order valence-electron chi connectivity index (χ1n) is 7.17. The number of amides is 3. The highest BCUT2D eigenvalue weighted by molar-refractivity contribution is 5.95. The van der Waals surface area contributed by atoms with Crippen LogP contribution in [-0.4, -0.2) is 55.6 Å². The van der Waals surface area contributed by atoms with Gasteiger partial charge in [0.25, 0.3) is 0 Å². The van der Waals surface area contributed by atoms with E-state index >= 15 is 0 Å². The normalized spacial score (nSPS) is 24.6. The Bertz CT molecular complexity index is 329. The van der Waals surface area contributed by atoms with Crippen molar-refractivity contribution in [2.75, 3.05) is 26.7 Å². The number of nitrogens with one attached hydrogen (secondary N) is 3. The van der Waals surface area contributed by atoms with Crippen LogP contribution in [-0.2, 0) is 4.79 Å². The third kappa shape index (κ3) is 4.47. The van der Waals surface area contributed by atoms with Crippen LogP contribution in [0.15, 0.2) is 0 Å². The van der Waals surface area contributed by atoms with Crippen molar-refractivity contribution in [1.82, 2.24) is 20.9 Å². The van der Waals surface area contributed by atoms with Gasteiger partial charge in [0.15, 0.2) is 0 Å². The second-order valence-electron chi connectivity index (χ2n) is 5.51. The van der Waals surface area contributed by atoms with Crippen LogP contribution < -0.4 is 16.0 Å². The number of carbonyl (C=O) groups is 2. The van der Waals surface area contributed by atoms with Crippen molar-refractivity contribution in [3.8, 4) is 0 Å². The summed E-state index contributed by atoms with van der Waals surface area (Å²) >= 11 is 0. The molecule has 1 heterocycles. The predicted octanol–water partition coefficient (Wildman–Crippen LogP) is 0.0485. The van der Waals surface area contributed by atoms with E-state index in [0.717, 1.165) is 45.2 Å². The van der Waals surface area contributed by atoms with Gasteiger partial charge in [0.05, 0.1) is 6.54 Å². The van der Waals surface area contributed by atoms with E-state index in [4.69, 9.17) is 0 Å². The molecule has 0 aromatic carbocycles. The lowest BCUT2D eigenvalue weighted by Gasteiger charge is -2.16. The zero-order valence-electron chi connectivity index (χ0n) is 11.6. The summed E-state index contributed by atoms with van der Waals surface area (Å²) in [4.78, 5) is 25.4. The van der Waals surface area contributed by atoms with Gasteiger partial charge in [0.2, 0.25) is 5.91 Å². The van der Waals surface area contributed by atoms with Crippen LogP contribution in [0.1, 0.15) is 32.1 Å². The molecule has 2 rings (SSSR count). The van der Waals surface area contributed by atoms with Crippen LogP contribution >= 0.6 is 0 Å². The molecule has 0 bridgehead atoms. The van der Waals surface area contributed by atoms with Gasteiger partial charge in [0, 0.05) is 25.2 Å². The highest BCUT2D eigenvalue weighted by Gasteiger charge is 2.24. The third-order valence-corrected chi connectivity index (χ3v) is 3.99. The molecule has 2 fully saturated rings. The van der Waals surface area contributed by atoms with Crippen LogP contribution in [0.2, 0.25) is 0 Å². The topological polar surface area (TPSA) is 73.5 Å². The Labute approximate surface area is 114 Å². The summed E-state index contributed by atoms with van der Waals surface area (Å²) in [6.07, 6.45) is 5.43. The molecule has 108 valence electrons. The molecule has 0 aromatic rings. The van der Waals surface area contributed by atoms with Gasteiger partial charge in [-0.15, -0.1) is 0 Å². The van der Waals surface area contributed by atoms with E-state index in [1.807, 2.05) is 7.05 Å². The third-order valence-electron chi connectivity index (χ3n) is 3.99. The molecule has 2 aliphatic rings. The fraction of sp³-hybridized carbons (Fsp3) is 0.846. The molecule has 1 atom stereocenters. The number of carbonyl (C=O) groups excluding carboxylic acids is 2. The van der Waals surface area contributed by atoms with Crippen LogP contribution in [0, 0.1) is 0 Å². The van der Waals surface area contributed by atoms with E-state index in [0.29, 0.717) is 12.6 Å². The second-order valence-corrected chi connectivity index (χ2v) is 5.51. The summed E-state index contributed by atoms with van der Waals surface area (Å²) in [7, 11) is 1.93. The smallest absolute Gasteiger partial charge is 0.321 e. The lowest BCUT2D eigenvalue weighted by molar-refractivity contribution is -0.120. The van der Waals surface area contributed by atoms with Crippen molar-refractivity contribution in [3.05, 3.63) is 0 Å². The van der Waals surface area contributed by atoms with E-state index in [9.17, 15) is 9.59 Å². The number of nitrogens with zero attached hydrogens (tertiary/aromatic N) is 1. The molecule has 1 aliphatic heterocycles. The lowest BCUT2D eigenvalue weighted by Crippen LogP contribution is -2.47. The summed E-state index contributed by atoms with van der Waals surface area (Å²) in [5.74, 6) is -0.216. The van der Waals surface area contributed by atoms with E-state index in [2.05, 4.69) is 20.9 Å². The van der Waals surface area contributed by atoms with E-state index in [1.54, 1.807) is 0 Å². The molecule has 0 radical (unpaired) electrons. The number of imide groups is 1. The molecule has 3 amide bonds. The summed E-state index contributed by atoms with van der Waals surface area (Å²) in [5.41, 5.74) is 0. The van der Waals surface area contributed by atoms with Crippen LogP contribution in [0.5, 0.6) is 0 Å². The van der Waals surface area contributed by atoms with Crippen LogP contribution in [0.25, 0.3) is 0 Å². The zero-order chi connectivity index (χ0) is 13.7. The molecule has 0 spiro atoms. The first kappa shape index (κ1) is 14.3. The van der Waals surface area contributed by atoms with Crippen molar-refractivity contribution in [2.24, 2.45) is 0 Å². The first-order valence-corrected chi connectivity index (χ1v) is 7.17. The number of hydrogen-bond donors (Lipinski definition) is 3. The fourth-order valence-electron chi connectivity index (χ4n) is 2.87. The SMILES string of the molecule is CNC1CCN(CC(=O)NC(=O)NC2CCCC2)C1. The number of hydrogen-bond acceptors (Lipinski definition) is 4. The minimum absolute atomic E-state index is 0.216. The highest BCUT2D eigenvalue weighted by atomic mass is 16.2. The zero-order valence-corrected chi connectivity index (χ0v) is 11.6. The quantitative estimate of drug-likeness (QED) is 0.673. The first-order chi connectivity index (χ1) is 9.17. The van der Waals surface area contributed by atoms with Crippen LogP contribution in [0.3, 0.4) is 0 Å². The molecule has 0 aromatic heterocycles. The van der Waals surface area contributed by atoms with Gasteiger partial charge in [-0.25, -0.2) is 4.79 Å². The van der Waals surface area contributed by atoms with Crippen molar-refractivity contribution < 1.29 is 9.59 Å². The number of urea groups is 1. The second kappa shape index (κ2) is 6.86. The summed E-state index contributed by atoms with van der Waals surface area (Å²) in [6, 6.07) is 0.356. The number of likely N-dealkylation sites (N-methyl/N-ethyl adjacent to an activating group) is 1. The van der Waals surface area contributed by atoms with Gasteiger partial charge in [-0.3, -0.25) is 15.0 Å². The van der Waals surface area contributed by atoms with E-state index in [-0.39, 0.29) is 18.0 Å². The Hall–Kier alpha value is -1.14. The van der Waals surface area contributed by atoms with Gasteiger partial charge < -0.3 is 10.6 Å². The molecular formula is C13H24N4O2. The molecule has 3 N–H and O–H groups in total. The van der Waals surface area contributed by atoms with Crippen molar-refractivity contribution in [1.29, 1.82) is 0 Å². The molecule has 1 saturated heterocycles. The molecule has 6 heteroatoms. The van der Waals surface area contributed by atoms with Gasteiger partial charge in [-0.05, 0) is 26.3 Å². The Morgan fingerprint density at radius 2 is 1.89 bits per heavy atom. The Balaban J connectivity index is 1.64. The van der Waals surface area contributed by atoms with Crippen molar-refractivity contribution in [2.45, 2.75) is 44.2 Å². The van der Waals surface area contributed by atoms with Crippen molar-refractivity contribution in [3.63, 3.8) is 0 Å². The molecule has 1 aliphatic carbocycles. The Morgan fingerprint density at radius 3 is 2.53 bits per heavy atom. The number of rotatable bonds is 4. The lowest BCUT2D eigenvalue weighted by atomic mass is 10.2. The maximum atomic E-state index is 11.7. The number of likely N-dealkylation sites (tertiary alicyclic amines) is 1. The average Bonchev–Trinajstić information content (AvgIpc) is 3.00. The molecule has 1 unspecified atom stereocenters. The maximum Gasteiger partial charge on any atom is 0.321 e. The predicted molar refractivity (Wildman–Crippen MR) is 72.8 cm³/mol. The monoisotopic (exact) mass is 268 g/mol. The largest absolute Gasteiger partial charge is 0.335 e. The molecular weight excluding hydrogens is 244 g/mol. The molecule has 6 nitrogen and oxygen atoms in total. The average molecular weight is 268 g/mol. The van der Waals surface area contributed by atoms with Gasteiger partial charge in [0.1, 0.15) is 0 Å². The van der Waals surface area contributed by atoms with E-state index in [1.165, 1.54) is 0 Å². The maximum absolute atomic E-state index is 11.7. The Morgan fingerprint density at radius 1 is 1.16 bits per heavy atom. The minimum Gasteiger partial charge on any atom is -0.335 e. The minimum atomic E-state index is -0.346. The van der Waals surface area contributed by atoms with Crippen LogP contribution in [0.4, 0.5) is 4.79 Å². The van der Waals surface area contributed by atoms with Gasteiger partial charge >= 0.3 is 6.03 Å². The summed E-state index contributed by atoms with van der Waals surface area (Å²) < 4.78 is 0. The van der Waals surface area contributed by atoms with Crippen molar-refractivity contribution >= 4 is 11.9 Å². The highest BCUT2D eigenvalue weighted by Crippen LogP contribution is 2.17. The molecule has 1 saturated carbocycles. The van der Waals surface area contributed by atoms with Gasteiger partial charge in [-0.1, -0.05) is 12.8 Å². The van der Waals surface area contributed by atoms with Gasteiger partial charge in [-0.2, -0.15) is 0 Å². The van der Waals surface area contributed by atoms with E-state index < -0.39 is 0 Å².